The largest absolute Gasteiger partial charge is 0.312 e. The molecule has 1 aliphatic heterocycles. The van der Waals surface area contributed by atoms with Crippen molar-refractivity contribution < 1.29 is 4.79 Å². The molecule has 0 saturated carbocycles. The van der Waals surface area contributed by atoms with Gasteiger partial charge in [0, 0.05) is 30.4 Å². The molecule has 2 nitrogen and oxygen atoms in total. The van der Waals surface area contributed by atoms with Crippen molar-refractivity contribution in [2.45, 2.75) is 26.2 Å². The molecule has 0 radical (unpaired) electrons. The summed E-state index contributed by atoms with van der Waals surface area (Å²) in [6.07, 6.45) is 1.08. The van der Waals surface area contributed by atoms with E-state index in [1.807, 2.05) is 11.0 Å². The topological polar surface area (TPSA) is 20.3 Å². The molecule has 0 bridgehead atoms. The summed E-state index contributed by atoms with van der Waals surface area (Å²) in [5, 5.41) is 0.983. The van der Waals surface area contributed by atoms with Gasteiger partial charge in [0.2, 0.25) is 5.91 Å². The second kappa shape index (κ2) is 4.58. The summed E-state index contributed by atoms with van der Waals surface area (Å²) in [7, 11) is 0. The molecule has 1 aromatic rings. The minimum atomic E-state index is 0.143. The Bertz CT molecular complexity index is 416. The van der Waals surface area contributed by atoms with Crippen molar-refractivity contribution in [2.24, 2.45) is 0 Å². The highest BCUT2D eigenvalue weighted by Crippen LogP contribution is 2.40. The Hall–Kier alpha value is -0.830. The Morgan fingerprint density at radius 3 is 2.94 bits per heavy atom. The molecule has 0 saturated heterocycles. The third-order valence-electron chi connectivity index (χ3n) is 3.24. The van der Waals surface area contributed by atoms with Crippen molar-refractivity contribution in [2.75, 3.05) is 16.8 Å². The number of hydrogen-bond donors (Lipinski definition) is 0. The van der Waals surface area contributed by atoms with E-state index in [9.17, 15) is 4.79 Å². The quantitative estimate of drug-likeness (QED) is 0.763. The number of alkyl halides is 1. The Morgan fingerprint density at radius 1 is 1.56 bits per heavy atom. The van der Waals surface area contributed by atoms with Gasteiger partial charge < -0.3 is 4.90 Å². The van der Waals surface area contributed by atoms with Crippen LogP contribution in [0, 0.1) is 6.92 Å². The molecule has 86 valence electrons. The van der Waals surface area contributed by atoms with Gasteiger partial charge in [0.1, 0.15) is 0 Å². The Balaban J connectivity index is 2.44. The van der Waals surface area contributed by atoms with Gasteiger partial charge in [-0.3, -0.25) is 4.79 Å². The molecule has 1 atom stereocenters. The van der Waals surface area contributed by atoms with Crippen LogP contribution in [0.4, 0.5) is 5.69 Å². The average molecular weight is 282 g/mol. The molecular weight excluding hydrogens is 266 g/mol. The van der Waals surface area contributed by atoms with Crippen molar-refractivity contribution in [3.05, 3.63) is 29.3 Å². The van der Waals surface area contributed by atoms with E-state index >= 15 is 0 Å². The maximum Gasteiger partial charge on any atom is 0.223 e. The fourth-order valence-electron chi connectivity index (χ4n) is 2.51. The molecule has 0 aliphatic carbocycles. The molecule has 0 unspecified atom stereocenters. The van der Waals surface area contributed by atoms with Crippen molar-refractivity contribution in [1.29, 1.82) is 0 Å². The normalized spacial score (nSPS) is 18.7. The van der Waals surface area contributed by atoms with Gasteiger partial charge in [0.15, 0.2) is 0 Å². The van der Waals surface area contributed by atoms with Gasteiger partial charge in [-0.25, -0.2) is 0 Å². The van der Waals surface area contributed by atoms with E-state index in [4.69, 9.17) is 0 Å². The number of hydrogen-bond acceptors (Lipinski definition) is 1. The monoisotopic (exact) mass is 281 g/mol. The van der Waals surface area contributed by atoms with E-state index in [0.717, 1.165) is 24.0 Å². The molecule has 0 N–H and O–H groups in total. The molecule has 1 aliphatic rings. The van der Waals surface area contributed by atoms with Crippen LogP contribution in [0.25, 0.3) is 0 Å². The van der Waals surface area contributed by atoms with Crippen molar-refractivity contribution in [3.63, 3.8) is 0 Å². The minimum absolute atomic E-state index is 0.143. The van der Waals surface area contributed by atoms with Gasteiger partial charge in [0.25, 0.3) is 0 Å². The second-order valence-electron chi connectivity index (χ2n) is 4.31. The summed E-state index contributed by atoms with van der Waals surface area (Å²) < 4.78 is 0. The zero-order chi connectivity index (χ0) is 11.7. The number of aryl methyl sites for hydroxylation is 1. The third-order valence-corrected chi connectivity index (χ3v) is 3.70. The maximum absolute atomic E-state index is 11.6. The molecule has 1 amide bonds. The fourth-order valence-corrected chi connectivity index (χ4v) is 3.06. The fraction of sp³-hybridized carbons (Fsp3) is 0.462. The summed E-state index contributed by atoms with van der Waals surface area (Å²) in [5.74, 6) is 0.628. The molecule has 1 heterocycles. The number of halogens is 1. The van der Waals surface area contributed by atoms with Gasteiger partial charge in [-0.15, -0.1) is 0 Å². The number of rotatable bonds is 2. The lowest BCUT2D eigenvalue weighted by Crippen LogP contribution is -2.27. The highest BCUT2D eigenvalue weighted by molar-refractivity contribution is 9.09. The number of carbonyl (C=O) groups is 1. The van der Waals surface area contributed by atoms with E-state index in [1.165, 1.54) is 11.1 Å². The first-order chi connectivity index (χ1) is 7.65. The van der Waals surface area contributed by atoms with Gasteiger partial charge in [0.05, 0.1) is 0 Å². The number of amides is 1. The Labute approximate surface area is 105 Å². The molecule has 0 spiro atoms. The lowest BCUT2D eigenvalue weighted by molar-refractivity contribution is -0.116. The van der Waals surface area contributed by atoms with Crippen LogP contribution in [0.3, 0.4) is 0 Å². The predicted octanol–water partition coefficient (Wildman–Crippen LogP) is 3.23. The number of fused-ring (bicyclic) bond motifs is 1. The van der Waals surface area contributed by atoms with Crippen molar-refractivity contribution in [3.8, 4) is 0 Å². The Kier molecular flexibility index (Phi) is 3.33. The van der Waals surface area contributed by atoms with Crippen LogP contribution in [-0.4, -0.2) is 17.8 Å². The summed E-state index contributed by atoms with van der Waals surface area (Å²) >= 11 is 3.49. The van der Waals surface area contributed by atoms with Gasteiger partial charge in [-0.2, -0.15) is 0 Å². The standard InChI is InChI=1S/C13H16BrNO/c1-9-4-3-5-12-13(9)11(6-7-14)8-15(12)10(2)16/h3-5,11H,6-8H2,1-2H3/t11-/m1/s1. The molecule has 1 aromatic carbocycles. The SMILES string of the molecule is CC(=O)N1C[C@@H](CCBr)c2c(C)cccc21. The summed E-state index contributed by atoms with van der Waals surface area (Å²) in [4.78, 5) is 13.5. The van der Waals surface area contributed by atoms with Crippen molar-refractivity contribution in [1.82, 2.24) is 0 Å². The lowest BCUT2D eigenvalue weighted by Gasteiger charge is -2.14. The van der Waals surface area contributed by atoms with Gasteiger partial charge in [-0.05, 0) is 30.5 Å². The number of nitrogens with zero attached hydrogens (tertiary/aromatic N) is 1. The van der Waals surface area contributed by atoms with Gasteiger partial charge in [-0.1, -0.05) is 28.1 Å². The van der Waals surface area contributed by atoms with E-state index in [-0.39, 0.29) is 5.91 Å². The molecule has 3 heteroatoms. The van der Waals surface area contributed by atoms with Gasteiger partial charge >= 0.3 is 0 Å². The maximum atomic E-state index is 11.6. The average Bonchev–Trinajstić information content (AvgIpc) is 2.59. The van der Waals surface area contributed by atoms with Crippen LogP contribution in [0.15, 0.2) is 18.2 Å². The highest BCUT2D eigenvalue weighted by Gasteiger charge is 2.31. The Morgan fingerprint density at radius 2 is 2.31 bits per heavy atom. The zero-order valence-electron chi connectivity index (χ0n) is 9.66. The second-order valence-corrected chi connectivity index (χ2v) is 5.10. The van der Waals surface area contributed by atoms with Crippen LogP contribution in [0.5, 0.6) is 0 Å². The molecule has 0 fully saturated rings. The number of benzene rings is 1. The van der Waals surface area contributed by atoms with Crippen LogP contribution in [0.2, 0.25) is 0 Å². The summed E-state index contributed by atoms with van der Waals surface area (Å²) in [6.45, 7) is 4.60. The molecule has 0 aromatic heterocycles. The summed E-state index contributed by atoms with van der Waals surface area (Å²) in [5.41, 5.74) is 3.77. The van der Waals surface area contributed by atoms with Crippen molar-refractivity contribution >= 4 is 27.5 Å². The molecular formula is C13H16BrNO. The molecule has 16 heavy (non-hydrogen) atoms. The van der Waals surface area contributed by atoms with E-state index in [2.05, 4.69) is 35.0 Å². The third kappa shape index (κ3) is 1.88. The zero-order valence-corrected chi connectivity index (χ0v) is 11.3. The lowest BCUT2D eigenvalue weighted by atomic mass is 9.95. The molecule has 2 rings (SSSR count). The summed E-state index contributed by atoms with van der Waals surface area (Å²) in [6, 6.07) is 6.21. The predicted molar refractivity (Wildman–Crippen MR) is 70.4 cm³/mol. The van der Waals surface area contributed by atoms with Crippen LogP contribution in [0.1, 0.15) is 30.4 Å². The van der Waals surface area contributed by atoms with E-state index in [1.54, 1.807) is 6.92 Å². The number of anilines is 1. The highest BCUT2D eigenvalue weighted by atomic mass is 79.9. The number of carbonyl (C=O) groups excluding carboxylic acids is 1. The van der Waals surface area contributed by atoms with E-state index < -0.39 is 0 Å². The smallest absolute Gasteiger partial charge is 0.223 e. The minimum Gasteiger partial charge on any atom is -0.312 e. The first kappa shape index (κ1) is 11.6. The van der Waals surface area contributed by atoms with Crippen LogP contribution < -0.4 is 4.90 Å². The van der Waals surface area contributed by atoms with Crippen LogP contribution >= 0.6 is 15.9 Å². The van der Waals surface area contributed by atoms with Crippen LogP contribution in [-0.2, 0) is 4.79 Å². The first-order valence-electron chi connectivity index (χ1n) is 5.58. The van der Waals surface area contributed by atoms with E-state index in [0.29, 0.717) is 5.92 Å². The first-order valence-corrected chi connectivity index (χ1v) is 6.71.